The van der Waals surface area contributed by atoms with Crippen LogP contribution in [0.3, 0.4) is 0 Å². The van der Waals surface area contributed by atoms with Gasteiger partial charge in [-0.3, -0.25) is 14.9 Å². The minimum absolute atomic E-state index is 0.0658. The summed E-state index contributed by atoms with van der Waals surface area (Å²) in [5.74, 6) is -0.904. The van der Waals surface area contributed by atoms with Gasteiger partial charge in [0.15, 0.2) is 6.61 Å². The second-order valence-electron chi connectivity index (χ2n) is 6.19. The summed E-state index contributed by atoms with van der Waals surface area (Å²) < 4.78 is 5.12. The SMILES string of the molecule is CCOC(=O)c1c(NC(=O)CO/N=C/c2cccc([N+](=O)[O-])c2)sc2c1CCC2. The zero-order valence-corrected chi connectivity index (χ0v) is 16.5. The van der Waals surface area contributed by atoms with E-state index in [2.05, 4.69) is 10.5 Å². The highest BCUT2D eigenvalue weighted by atomic mass is 32.1. The third-order valence-electron chi connectivity index (χ3n) is 4.21. The number of nitrogens with one attached hydrogen (secondary N) is 1. The highest BCUT2D eigenvalue weighted by molar-refractivity contribution is 7.17. The number of non-ortho nitro benzene ring substituents is 1. The molecule has 9 nitrogen and oxygen atoms in total. The normalized spacial score (nSPS) is 12.6. The second kappa shape index (κ2) is 9.28. The molecular weight excluding hydrogens is 398 g/mol. The van der Waals surface area contributed by atoms with Crippen LogP contribution in [0.15, 0.2) is 29.4 Å². The Kier molecular flexibility index (Phi) is 6.55. The van der Waals surface area contributed by atoms with Gasteiger partial charge in [-0.15, -0.1) is 11.3 Å². The molecule has 1 heterocycles. The van der Waals surface area contributed by atoms with E-state index in [-0.39, 0.29) is 18.9 Å². The number of anilines is 1. The molecule has 1 amide bonds. The molecule has 1 aliphatic rings. The van der Waals surface area contributed by atoms with Crippen molar-refractivity contribution in [1.29, 1.82) is 0 Å². The molecule has 0 saturated heterocycles. The molecule has 10 heteroatoms. The molecular formula is C19H19N3O6S. The van der Waals surface area contributed by atoms with E-state index in [9.17, 15) is 19.7 Å². The first-order chi connectivity index (χ1) is 14.0. The summed E-state index contributed by atoms with van der Waals surface area (Å²) in [6.45, 7) is 1.62. The van der Waals surface area contributed by atoms with Crippen molar-refractivity contribution in [2.45, 2.75) is 26.2 Å². The number of amides is 1. The summed E-state index contributed by atoms with van der Waals surface area (Å²) in [6, 6.07) is 5.86. The molecule has 1 aromatic carbocycles. The third-order valence-corrected chi connectivity index (χ3v) is 5.41. The lowest BCUT2D eigenvalue weighted by molar-refractivity contribution is -0.384. The van der Waals surface area contributed by atoms with Crippen LogP contribution in [0.5, 0.6) is 0 Å². The van der Waals surface area contributed by atoms with E-state index >= 15 is 0 Å². The zero-order chi connectivity index (χ0) is 20.8. The number of ether oxygens (including phenoxy) is 1. The molecule has 0 aliphatic heterocycles. The van der Waals surface area contributed by atoms with Gasteiger partial charge < -0.3 is 14.9 Å². The van der Waals surface area contributed by atoms with Crippen molar-refractivity contribution in [3.63, 3.8) is 0 Å². The van der Waals surface area contributed by atoms with Crippen molar-refractivity contribution in [3.05, 3.63) is 55.9 Å². The number of thiophene rings is 1. The van der Waals surface area contributed by atoms with Crippen molar-refractivity contribution in [2.24, 2.45) is 5.16 Å². The average Bonchev–Trinajstić information content (AvgIpc) is 3.26. The number of aryl methyl sites for hydroxylation is 1. The molecule has 29 heavy (non-hydrogen) atoms. The van der Waals surface area contributed by atoms with Crippen molar-refractivity contribution in [1.82, 2.24) is 0 Å². The number of rotatable bonds is 8. The summed E-state index contributed by atoms with van der Waals surface area (Å²) in [5, 5.41) is 17.6. The Morgan fingerprint density at radius 3 is 2.97 bits per heavy atom. The number of hydrogen-bond acceptors (Lipinski definition) is 8. The summed E-state index contributed by atoms with van der Waals surface area (Å²) in [5.41, 5.74) is 1.79. The Morgan fingerprint density at radius 2 is 2.21 bits per heavy atom. The number of carbonyl (C=O) groups is 2. The van der Waals surface area contributed by atoms with Gasteiger partial charge in [0.2, 0.25) is 0 Å². The fraction of sp³-hybridized carbons (Fsp3) is 0.316. The van der Waals surface area contributed by atoms with Crippen LogP contribution < -0.4 is 5.32 Å². The average molecular weight is 417 g/mol. The Hall–Kier alpha value is -3.27. The molecule has 0 bridgehead atoms. The van der Waals surface area contributed by atoms with Crippen LogP contribution in [0.1, 0.15) is 39.7 Å². The van der Waals surface area contributed by atoms with E-state index in [0.717, 1.165) is 29.7 Å². The third kappa shape index (κ3) is 4.96. The summed E-state index contributed by atoms with van der Waals surface area (Å²) >= 11 is 1.38. The number of carbonyl (C=O) groups excluding carboxylic acids is 2. The first-order valence-corrected chi connectivity index (χ1v) is 9.82. The maximum absolute atomic E-state index is 12.3. The predicted octanol–water partition coefficient (Wildman–Crippen LogP) is 3.31. The maximum Gasteiger partial charge on any atom is 0.341 e. The van der Waals surface area contributed by atoms with Gasteiger partial charge in [0, 0.05) is 22.6 Å². The van der Waals surface area contributed by atoms with E-state index in [1.165, 1.54) is 35.8 Å². The minimum atomic E-state index is -0.509. The smallest absolute Gasteiger partial charge is 0.341 e. The van der Waals surface area contributed by atoms with Gasteiger partial charge in [-0.1, -0.05) is 17.3 Å². The number of esters is 1. The molecule has 0 spiro atoms. The lowest BCUT2D eigenvalue weighted by atomic mass is 10.1. The van der Waals surface area contributed by atoms with Gasteiger partial charge in [-0.25, -0.2) is 4.79 Å². The van der Waals surface area contributed by atoms with Gasteiger partial charge in [0.05, 0.1) is 23.3 Å². The van der Waals surface area contributed by atoms with Crippen LogP contribution >= 0.6 is 11.3 Å². The van der Waals surface area contributed by atoms with Gasteiger partial charge in [-0.05, 0) is 31.7 Å². The van der Waals surface area contributed by atoms with E-state index in [1.54, 1.807) is 13.0 Å². The standard InChI is InChI=1S/C19H19N3O6S/c1-2-27-19(24)17-14-7-4-8-15(14)29-18(17)21-16(23)11-28-20-10-12-5-3-6-13(9-12)22(25)26/h3,5-6,9-10H,2,4,7-8,11H2,1H3,(H,21,23)/b20-10+. The van der Waals surface area contributed by atoms with Gasteiger partial charge in [-0.2, -0.15) is 0 Å². The fourth-order valence-electron chi connectivity index (χ4n) is 2.99. The van der Waals surface area contributed by atoms with Gasteiger partial charge >= 0.3 is 5.97 Å². The van der Waals surface area contributed by atoms with E-state index in [4.69, 9.17) is 9.57 Å². The molecule has 1 aromatic heterocycles. The molecule has 1 aliphatic carbocycles. The van der Waals surface area contributed by atoms with E-state index in [0.29, 0.717) is 16.1 Å². The molecule has 0 saturated carbocycles. The van der Waals surface area contributed by atoms with Crippen LogP contribution in [0.25, 0.3) is 0 Å². The van der Waals surface area contributed by atoms with Crippen LogP contribution in [0.2, 0.25) is 0 Å². The van der Waals surface area contributed by atoms with Gasteiger partial charge in [0.25, 0.3) is 11.6 Å². The van der Waals surface area contributed by atoms with Crippen molar-refractivity contribution >= 4 is 40.1 Å². The van der Waals surface area contributed by atoms with Crippen molar-refractivity contribution in [3.8, 4) is 0 Å². The number of benzene rings is 1. The molecule has 0 atom stereocenters. The molecule has 0 unspecified atom stereocenters. The molecule has 3 rings (SSSR count). The van der Waals surface area contributed by atoms with Crippen LogP contribution in [-0.4, -0.2) is 36.2 Å². The second-order valence-corrected chi connectivity index (χ2v) is 7.30. The molecule has 152 valence electrons. The Bertz CT molecular complexity index is 969. The quantitative estimate of drug-likeness (QED) is 0.304. The highest BCUT2D eigenvalue weighted by Gasteiger charge is 2.28. The number of fused-ring (bicyclic) bond motifs is 1. The molecule has 0 radical (unpaired) electrons. The maximum atomic E-state index is 12.3. The van der Waals surface area contributed by atoms with Crippen LogP contribution in [0.4, 0.5) is 10.7 Å². The first-order valence-electron chi connectivity index (χ1n) is 9.01. The first kappa shape index (κ1) is 20.5. The monoisotopic (exact) mass is 417 g/mol. The lowest BCUT2D eigenvalue weighted by Gasteiger charge is -2.07. The topological polar surface area (TPSA) is 120 Å². The molecule has 0 fully saturated rings. The summed E-state index contributed by atoms with van der Waals surface area (Å²) in [4.78, 5) is 40.8. The van der Waals surface area contributed by atoms with Crippen LogP contribution in [0, 0.1) is 10.1 Å². The largest absolute Gasteiger partial charge is 0.462 e. The minimum Gasteiger partial charge on any atom is -0.462 e. The van der Waals surface area contributed by atoms with Crippen molar-refractivity contribution in [2.75, 3.05) is 18.5 Å². The summed E-state index contributed by atoms with van der Waals surface area (Å²) in [6.07, 6.45) is 3.94. The number of nitro groups is 1. The van der Waals surface area contributed by atoms with Crippen LogP contribution in [-0.2, 0) is 27.2 Å². The van der Waals surface area contributed by atoms with Crippen molar-refractivity contribution < 1.29 is 24.1 Å². The number of nitro benzene ring substituents is 1. The Balaban J connectivity index is 1.59. The highest BCUT2D eigenvalue weighted by Crippen LogP contribution is 2.39. The number of hydrogen-bond donors (Lipinski definition) is 1. The molecule has 1 N–H and O–H groups in total. The fourth-order valence-corrected chi connectivity index (χ4v) is 4.28. The predicted molar refractivity (Wildman–Crippen MR) is 108 cm³/mol. The summed E-state index contributed by atoms with van der Waals surface area (Å²) in [7, 11) is 0. The Labute approximate surface area is 170 Å². The van der Waals surface area contributed by atoms with Gasteiger partial charge in [0.1, 0.15) is 5.00 Å². The zero-order valence-electron chi connectivity index (χ0n) is 15.7. The lowest BCUT2D eigenvalue weighted by Crippen LogP contribution is -2.18. The number of nitrogens with zero attached hydrogens (tertiary/aromatic N) is 2. The molecule has 2 aromatic rings. The number of oxime groups is 1. The van der Waals surface area contributed by atoms with E-state index in [1.807, 2.05) is 0 Å². The Morgan fingerprint density at radius 1 is 1.38 bits per heavy atom. The van der Waals surface area contributed by atoms with E-state index < -0.39 is 16.8 Å².